The summed E-state index contributed by atoms with van der Waals surface area (Å²) in [7, 11) is 1.42. The lowest BCUT2D eigenvalue weighted by Crippen LogP contribution is -2.28. The Balaban J connectivity index is 2.13. The summed E-state index contributed by atoms with van der Waals surface area (Å²) in [6.07, 6.45) is 1.27. The van der Waals surface area contributed by atoms with E-state index in [2.05, 4.69) is 15.6 Å². The molecule has 0 aliphatic heterocycles. The zero-order chi connectivity index (χ0) is 19.4. The van der Waals surface area contributed by atoms with E-state index >= 15 is 0 Å². The molecule has 0 unspecified atom stereocenters. The fourth-order valence-electron chi connectivity index (χ4n) is 2.47. The van der Waals surface area contributed by atoms with Gasteiger partial charge in [0.05, 0.1) is 18.2 Å². The standard InChI is InChI=1S/C16H19N5O5/c1-9-14(21(24)25)10(2)20(19-9)11(3)16(23)18-17-8-12-6-5-7-13(26-4)15(12)22/h5-8,11,22H,1-4H3,(H,18,23)/b17-8-/t11-/m1/s1. The van der Waals surface area contributed by atoms with Crippen molar-refractivity contribution in [1.82, 2.24) is 15.2 Å². The first-order valence-corrected chi connectivity index (χ1v) is 7.66. The molecule has 0 saturated heterocycles. The fourth-order valence-corrected chi connectivity index (χ4v) is 2.47. The molecular weight excluding hydrogens is 342 g/mol. The Bertz CT molecular complexity index is 874. The number of ether oxygens (including phenoxy) is 1. The molecule has 2 rings (SSSR count). The van der Waals surface area contributed by atoms with E-state index < -0.39 is 16.9 Å². The molecule has 2 aromatic rings. The Labute approximate surface area is 149 Å². The molecule has 0 aliphatic rings. The number of hydrazone groups is 1. The number of nitrogens with zero attached hydrogens (tertiary/aromatic N) is 4. The average Bonchev–Trinajstić information content (AvgIpc) is 2.90. The van der Waals surface area contributed by atoms with Crippen LogP contribution in [0.5, 0.6) is 11.5 Å². The van der Waals surface area contributed by atoms with Crippen LogP contribution in [0.25, 0.3) is 0 Å². The van der Waals surface area contributed by atoms with Crippen molar-refractivity contribution in [1.29, 1.82) is 0 Å². The lowest BCUT2D eigenvalue weighted by Gasteiger charge is -2.11. The molecule has 26 heavy (non-hydrogen) atoms. The van der Waals surface area contributed by atoms with E-state index in [1.54, 1.807) is 25.1 Å². The maximum atomic E-state index is 12.2. The second kappa shape index (κ2) is 7.64. The van der Waals surface area contributed by atoms with Gasteiger partial charge < -0.3 is 9.84 Å². The van der Waals surface area contributed by atoms with Crippen LogP contribution in [0.4, 0.5) is 5.69 Å². The normalized spacial score (nSPS) is 12.2. The van der Waals surface area contributed by atoms with Crippen molar-refractivity contribution in [3.63, 3.8) is 0 Å². The summed E-state index contributed by atoms with van der Waals surface area (Å²) in [5.41, 5.74) is 3.09. The number of benzene rings is 1. The number of aromatic hydroxyl groups is 1. The summed E-state index contributed by atoms with van der Waals surface area (Å²) in [5, 5.41) is 28.9. The largest absolute Gasteiger partial charge is 0.504 e. The second-order valence-corrected chi connectivity index (χ2v) is 5.53. The maximum Gasteiger partial charge on any atom is 0.312 e. The summed E-state index contributed by atoms with van der Waals surface area (Å²) in [6, 6.07) is 4.04. The highest BCUT2D eigenvalue weighted by Gasteiger charge is 2.26. The summed E-state index contributed by atoms with van der Waals surface area (Å²) >= 11 is 0. The highest BCUT2D eigenvalue weighted by atomic mass is 16.6. The second-order valence-electron chi connectivity index (χ2n) is 5.53. The number of phenols is 1. The van der Waals surface area contributed by atoms with Crippen LogP contribution in [0.3, 0.4) is 0 Å². The van der Waals surface area contributed by atoms with Crippen LogP contribution in [0.15, 0.2) is 23.3 Å². The Morgan fingerprint density at radius 2 is 2.19 bits per heavy atom. The fraction of sp³-hybridized carbons (Fsp3) is 0.312. The molecule has 0 spiro atoms. The van der Waals surface area contributed by atoms with Gasteiger partial charge in [-0.1, -0.05) is 6.07 Å². The number of rotatable bonds is 6. The first kappa shape index (κ1) is 18.9. The van der Waals surface area contributed by atoms with Crippen molar-refractivity contribution in [2.45, 2.75) is 26.8 Å². The molecule has 10 nitrogen and oxygen atoms in total. The van der Waals surface area contributed by atoms with Crippen LogP contribution in [0.1, 0.15) is 29.9 Å². The monoisotopic (exact) mass is 361 g/mol. The third-order valence-corrected chi connectivity index (χ3v) is 3.84. The minimum absolute atomic E-state index is 0.102. The molecule has 2 N–H and O–H groups in total. The Kier molecular flexibility index (Phi) is 5.55. The number of aryl methyl sites for hydroxylation is 1. The molecule has 0 aliphatic carbocycles. The topological polar surface area (TPSA) is 132 Å². The predicted octanol–water partition coefficient (Wildman–Crippen LogP) is 1.83. The molecule has 1 heterocycles. The molecule has 1 atom stereocenters. The van der Waals surface area contributed by atoms with Crippen molar-refractivity contribution >= 4 is 17.8 Å². The highest BCUT2D eigenvalue weighted by molar-refractivity contribution is 5.87. The summed E-state index contributed by atoms with van der Waals surface area (Å²) in [6.45, 7) is 4.59. The number of amides is 1. The molecule has 1 aromatic heterocycles. The van der Waals surface area contributed by atoms with E-state index in [0.29, 0.717) is 5.56 Å². The third kappa shape index (κ3) is 3.63. The summed E-state index contributed by atoms with van der Waals surface area (Å²) < 4.78 is 6.27. The van der Waals surface area contributed by atoms with Gasteiger partial charge in [-0.25, -0.2) is 5.43 Å². The molecule has 0 fully saturated rings. The Morgan fingerprint density at radius 1 is 1.50 bits per heavy atom. The predicted molar refractivity (Wildman–Crippen MR) is 93.5 cm³/mol. The third-order valence-electron chi connectivity index (χ3n) is 3.84. The number of hydrogen-bond donors (Lipinski definition) is 2. The number of carbonyl (C=O) groups is 1. The first-order valence-electron chi connectivity index (χ1n) is 7.66. The maximum absolute atomic E-state index is 12.2. The smallest absolute Gasteiger partial charge is 0.312 e. The van der Waals surface area contributed by atoms with E-state index in [1.807, 2.05) is 0 Å². The lowest BCUT2D eigenvalue weighted by molar-refractivity contribution is -0.386. The van der Waals surface area contributed by atoms with Crippen molar-refractivity contribution in [2.75, 3.05) is 7.11 Å². The molecule has 0 saturated carbocycles. The molecule has 1 amide bonds. The van der Waals surface area contributed by atoms with Crippen LogP contribution in [-0.2, 0) is 4.79 Å². The molecule has 1 aromatic carbocycles. The molecule has 0 radical (unpaired) electrons. The number of nitro groups is 1. The quantitative estimate of drug-likeness (QED) is 0.458. The molecule has 10 heteroatoms. The number of nitrogens with one attached hydrogen (secondary N) is 1. The van der Waals surface area contributed by atoms with Gasteiger partial charge in [0.25, 0.3) is 5.91 Å². The van der Waals surface area contributed by atoms with Gasteiger partial charge in [-0.15, -0.1) is 0 Å². The number of carbonyl (C=O) groups excluding carboxylic acids is 1. The minimum atomic E-state index is -0.807. The van der Waals surface area contributed by atoms with Crippen LogP contribution in [-0.4, -0.2) is 39.0 Å². The minimum Gasteiger partial charge on any atom is -0.504 e. The van der Waals surface area contributed by atoms with Gasteiger partial charge in [-0.05, 0) is 32.9 Å². The van der Waals surface area contributed by atoms with Gasteiger partial charge in [0.1, 0.15) is 17.4 Å². The van der Waals surface area contributed by atoms with Crippen molar-refractivity contribution in [3.05, 3.63) is 45.3 Å². The SMILES string of the molecule is COc1cccc(/C=N\NC(=O)[C@@H](C)n2nc(C)c([N+](=O)[O-])c2C)c1O. The lowest BCUT2D eigenvalue weighted by atomic mass is 10.2. The van der Waals surface area contributed by atoms with E-state index in [9.17, 15) is 20.0 Å². The number of para-hydroxylation sites is 1. The zero-order valence-corrected chi connectivity index (χ0v) is 14.8. The number of methoxy groups -OCH3 is 1. The van der Waals surface area contributed by atoms with E-state index in [1.165, 1.54) is 31.9 Å². The van der Waals surface area contributed by atoms with Crippen molar-refractivity contribution in [3.8, 4) is 11.5 Å². The van der Waals surface area contributed by atoms with E-state index in [4.69, 9.17) is 4.74 Å². The highest BCUT2D eigenvalue weighted by Crippen LogP contribution is 2.28. The van der Waals surface area contributed by atoms with E-state index in [0.717, 1.165) is 0 Å². The van der Waals surface area contributed by atoms with Crippen LogP contribution < -0.4 is 10.2 Å². The van der Waals surface area contributed by atoms with Gasteiger partial charge in [-0.3, -0.25) is 19.6 Å². The van der Waals surface area contributed by atoms with Crippen LogP contribution in [0.2, 0.25) is 0 Å². The zero-order valence-electron chi connectivity index (χ0n) is 14.8. The molecule has 0 bridgehead atoms. The number of aromatic nitrogens is 2. The van der Waals surface area contributed by atoms with Crippen LogP contribution in [0, 0.1) is 24.0 Å². The molecule has 138 valence electrons. The number of hydrogen-bond acceptors (Lipinski definition) is 7. The molecular formula is C16H19N5O5. The van der Waals surface area contributed by atoms with Gasteiger partial charge in [0, 0.05) is 5.56 Å². The van der Waals surface area contributed by atoms with Crippen molar-refractivity contribution in [2.24, 2.45) is 5.10 Å². The van der Waals surface area contributed by atoms with Gasteiger partial charge in [0.15, 0.2) is 11.5 Å². The van der Waals surface area contributed by atoms with Crippen LogP contribution >= 0.6 is 0 Å². The number of phenolic OH excluding ortho intramolecular Hbond substituents is 1. The first-order chi connectivity index (χ1) is 12.3. The summed E-state index contributed by atoms with van der Waals surface area (Å²) in [5.74, 6) is -0.331. The summed E-state index contributed by atoms with van der Waals surface area (Å²) in [4.78, 5) is 22.8. The Hall–Kier alpha value is -3.43. The van der Waals surface area contributed by atoms with Crippen molar-refractivity contribution < 1.29 is 19.6 Å². The van der Waals surface area contributed by atoms with Gasteiger partial charge in [0.2, 0.25) is 0 Å². The van der Waals surface area contributed by atoms with Gasteiger partial charge >= 0.3 is 5.69 Å². The van der Waals surface area contributed by atoms with Gasteiger partial charge in [-0.2, -0.15) is 10.2 Å². The Morgan fingerprint density at radius 3 is 2.77 bits per heavy atom. The average molecular weight is 361 g/mol. The van der Waals surface area contributed by atoms with E-state index in [-0.39, 0.29) is 28.6 Å².